The third kappa shape index (κ3) is 5.68. The monoisotopic (exact) mass is 508 g/mol. The maximum atomic E-state index is 12.3. The predicted molar refractivity (Wildman–Crippen MR) is 137 cm³/mol. The average molecular weight is 509 g/mol. The van der Waals surface area contributed by atoms with Crippen LogP contribution in [0.3, 0.4) is 0 Å². The highest BCUT2D eigenvalue weighted by molar-refractivity contribution is 7.18. The molecule has 0 fully saturated rings. The Hall–Kier alpha value is -3.85. The number of rotatable bonds is 8. The fourth-order valence-electron chi connectivity index (χ4n) is 3.98. The smallest absolute Gasteiger partial charge is 0.406 e. The van der Waals surface area contributed by atoms with Gasteiger partial charge in [-0.2, -0.15) is 0 Å². The van der Waals surface area contributed by atoms with E-state index in [0.717, 1.165) is 52.2 Å². The summed E-state index contributed by atoms with van der Waals surface area (Å²) < 4.78 is 41.0. The van der Waals surface area contributed by atoms with Crippen LogP contribution in [-0.4, -0.2) is 27.9 Å². The van der Waals surface area contributed by atoms with Crippen LogP contribution < -0.4 is 10.1 Å². The molecular weight excluding hydrogens is 485 g/mol. The van der Waals surface area contributed by atoms with Gasteiger partial charge in [-0.05, 0) is 66.8 Å². The zero-order valence-electron chi connectivity index (χ0n) is 19.4. The molecule has 2 N–H and O–H groups in total. The molecule has 0 aliphatic carbocycles. The van der Waals surface area contributed by atoms with E-state index in [9.17, 15) is 13.2 Å². The standard InChI is InChI=1S/C27H23F3N4OS/c1-17-16-22-24(33-25(34-26(22)36-17)23-5-3-14-31-23)32-15-2-4-18-6-8-19(9-7-18)20-10-12-21(13-11-20)35-27(28,29)30/h3,5-14,16,31H,2,4,15H2,1H3,(H,32,33,34). The van der Waals surface area contributed by atoms with Crippen molar-refractivity contribution in [2.45, 2.75) is 26.1 Å². The van der Waals surface area contributed by atoms with E-state index in [1.807, 2.05) is 42.6 Å². The molecule has 0 aliphatic rings. The largest absolute Gasteiger partial charge is 0.573 e. The molecule has 0 amide bonds. The molecule has 36 heavy (non-hydrogen) atoms. The van der Waals surface area contributed by atoms with E-state index in [1.165, 1.54) is 22.6 Å². The van der Waals surface area contributed by atoms with E-state index >= 15 is 0 Å². The molecule has 3 aromatic heterocycles. The first kappa shape index (κ1) is 23.9. The number of thiophene rings is 1. The molecular formula is C27H23F3N4OS. The molecule has 0 unspecified atom stereocenters. The van der Waals surface area contributed by atoms with Crippen LogP contribution >= 0.6 is 11.3 Å². The van der Waals surface area contributed by atoms with Gasteiger partial charge in [0.15, 0.2) is 5.82 Å². The second-order valence-electron chi connectivity index (χ2n) is 8.35. The predicted octanol–water partition coefficient (Wildman–Crippen LogP) is 7.61. The maximum absolute atomic E-state index is 12.3. The molecule has 3 heterocycles. The molecule has 0 saturated heterocycles. The van der Waals surface area contributed by atoms with Crippen molar-refractivity contribution in [2.24, 2.45) is 0 Å². The normalized spacial score (nSPS) is 11.7. The number of aryl methyl sites for hydroxylation is 2. The number of nitrogens with one attached hydrogen (secondary N) is 2. The minimum Gasteiger partial charge on any atom is -0.406 e. The summed E-state index contributed by atoms with van der Waals surface area (Å²) in [7, 11) is 0. The first-order valence-electron chi connectivity index (χ1n) is 11.4. The summed E-state index contributed by atoms with van der Waals surface area (Å²) in [5.74, 6) is 1.28. The number of halogens is 3. The van der Waals surface area contributed by atoms with Gasteiger partial charge in [-0.3, -0.25) is 0 Å². The molecule has 9 heteroatoms. The van der Waals surface area contributed by atoms with Gasteiger partial charge in [0.2, 0.25) is 0 Å². The molecule has 0 atom stereocenters. The molecule has 0 radical (unpaired) electrons. The van der Waals surface area contributed by atoms with Gasteiger partial charge in [0.05, 0.1) is 11.1 Å². The van der Waals surface area contributed by atoms with E-state index in [2.05, 4.69) is 28.0 Å². The Morgan fingerprint density at radius 2 is 1.69 bits per heavy atom. The van der Waals surface area contributed by atoms with Crippen molar-refractivity contribution < 1.29 is 17.9 Å². The second kappa shape index (κ2) is 10.0. The number of ether oxygens (including phenoxy) is 1. The van der Waals surface area contributed by atoms with Gasteiger partial charge < -0.3 is 15.0 Å². The summed E-state index contributed by atoms with van der Waals surface area (Å²) in [6, 6.07) is 19.9. The molecule has 5 aromatic rings. The van der Waals surface area contributed by atoms with Gasteiger partial charge in [-0.15, -0.1) is 24.5 Å². The molecule has 184 valence electrons. The quantitative estimate of drug-likeness (QED) is 0.212. The SMILES string of the molecule is Cc1cc2c(NCCCc3ccc(-c4ccc(OC(F)(F)F)cc4)cc3)nc(-c3ccc[nH]3)nc2s1. The number of aromatic nitrogens is 3. The Bertz CT molecular complexity index is 1440. The van der Waals surface area contributed by atoms with Crippen LogP contribution in [0.4, 0.5) is 19.0 Å². The topological polar surface area (TPSA) is 62.8 Å². The first-order valence-corrected chi connectivity index (χ1v) is 12.3. The number of benzene rings is 2. The van der Waals surface area contributed by atoms with E-state index in [0.29, 0.717) is 5.82 Å². The highest BCUT2D eigenvalue weighted by Gasteiger charge is 2.30. The molecule has 5 nitrogen and oxygen atoms in total. The van der Waals surface area contributed by atoms with Crippen LogP contribution in [0.2, 0.25) is 0 Å². The molecule has 0 aliphatic heterocycles. The Morgan fingerprint density at radius 1 is 0.972 bits per heavy atom. The zero-order valence-corrected chi connectivity index (χ0v) is 20.2. The number of hydrogen-bond acceptors (Lipinski definition) is 5. The first-order chi connectivity index (χ1) is 17.3. The van der Waals surface area contributed by atoms with Crippen molar-refractivity contribution in [3.63, 3.8) is 0 Å². The molecule has 0 spiro atoms. The van der Waals surface area contributed by atoms with E-state index in [4.69, 9.17) is 9.97 Å². The lowest BCUT2D eigenvalue weighted by Gasteiger charge is -2.10. The summed E-state index contributed by atoms with van der Waals surface area (Å²) in [6.45, 7) is 2.83. The summed E-state index contributed by atoms with van der Waals surface area (Å²) in [5.41, 5.74) is 3.83. The van der Waals surface area contributed by atoms with Crippen LogP contribution in [0.1, 0.15) is 16.9 Å². The van der Waals surface area contributed by atoms with Crippen molar-refractivity contribution in [1.82, 2.24) is 15.0 Å². The Morgan fingerprint density at radius 3 is 2.36 bits per heavy atom. The average Bonchev–Trinajstić information content (AvgIpc) is 3.51. The Kier molecular flexibility index (Phi) is 6.65. The number of alkyl halides is 3. The highest BCUT2D eigenvalue weighted by atomic mass is 32.1. The number of fused-ring (bicyclic) bond motifs is 1. The van der Waals surface area contributed by atoms with E-state index < -0.39 is 6.36 Å². The lowest BCUT2D eigenvalue weighted by molar-refractivity contribution is -0.274. The maximum Gasteiger partial charge on any atom is 0.573 e. The summed E-state index contributed by atoms with van der Waals surface area (Å²) in [4.78, 5) is 14.8. The van der Waals surface area contributed by atoms with Crippen molar-refractivity contribution in [2.75, 3.05) is 11.9 Å². The lowest BCUT2D eigenvalue weighted by atomic mass is 10.0. The van der Waals surface area contributed by atoms with Gasteiger partial charge in [0.25, 0.3) is 0 Å². The number of hydrogen-bond donors (Lipinski definition) is 2. The van der Waals surface area contributed by atoms with Gasteiger partial charge in [-0.25, -0.2) is 9.97 Å². The lowest BCUT2D eigenvalue weighted by Crippen LogP contribution is -2.16. The highest BCUT2D eigenvalue weighted by Crippen LogP contribution is 2.31. The second-order valence-corrected chi connectivity index (χ2v) is 9.59. The van der Waals surface area contributed by atoms with Crippen LogP contribution in [0.15, 0.2) is 72.9 Å². The Balaban J connectivity index is 1.20. The molecule has 5 rings (SSSR count). The molecule has 0 bridgehead atoms. The third-order valence-corrected chi connectivity index (χ3v) is 6.61. The Labute approximate surface area is 210 Å². The summed E-state index contributed by atoms with van der Waals surface area (Å²) in [6.07, 6.45) is -1.04. The number of anilines is 1. The fraction of sp³-hybridized carbons (Fsp3) is 0.185. The number of nitrogens with zero attached hydrogens (tertiary/aromatic N) is 2. The number of H-pyrrole nitrogens is 1. The van der Waals surface area contributed by atoms with Gasteiger partial charge in [-0.1, -0.05) is 36.4 Å². The van der Waals surface area contributed by atoms with Crippen LogP contribution in [0, 0.1) is 6.92 Å². The summed E-state index contributed by atoms with van der Waals surface area (Å²) >= 11 is 1.65. The molecule has 2 aromatic carbocycles. The van der Waals surface area contributed by atoms with Gasteiger partial charge in [0, 0.05) is 17.6 Å². The minimum atomic E-state index is -4.69. The summed E-state index contributed by atoms with van der Waals surface area (Å²) in [5, 5.41) is 4.51. The number of aromatic amines is 1. The van der Waals surface area contributed by atoms with Crippen LogP contribution in [0.25, 0.3) is 32.9 Å². The fourth-order valence-corrected chi connectivity index (χ4v) is 4.86. The minimum absolute atomic E-state index is 0.228. The van der Waals surface area contributed by atoms with Crippen LogP contribution in [0.5, 0.6) is 5.75 Å². The van der Waals surface area contributed by atoms with Crippen molar-refractivity contribution in [1.29, 1.82) is 0 Å². The van der Waals surface area contributed by atoms with Crippen molar-refractivity contribution >= 4 is 27.4 Å². The van der Waals surface area contributed by atoms with Crippen molar-refractivity contribution in [3.8, 4) is 28.4 Å². The van der Waals surface area contributed by atoms with E-state index in [1.54, 1.807) is 23.5 Å². The van der Waals surface area contributed by atoms with Gasteiger partial charge in [0.1, 0.15) is 16.4 Å². The van der Waals surface area contributed by atoms with E-state index in [-0.39, 0.29) is 5.75 Å². The van der Waals surface area contributed by atoms with Crippen LogP contribution in [-0.2, 0) is 6.42 Å². The molecule has 0 saturated carbocycles. The van der Waals surface area contributed by atoms with Crippen molar-refractivity contribution in [3.05, 3.63) is 83.4 Å². The zero-order chi connectivity index (χ0) is 25.1. The van der Waals surface area contributed by atoms with Gasteiger partial charge >= 0.3 is 6.36 Å². The third-order valence-electron chi connectivity index (χ3n) is 5.66.